The molecule has 1 aliphatic rings. The Balaban J connectivity index is 1.95. The lowest BCUT2D eigenvalue weighted by Gasteiger charge is -2.06. The van der Waals surface area contributed by atoms with Gasteiger partial charge in [0.15, 0.2) is 5.65 Å². The van der Waals surface area contributed by atoms with Crippen molar-refractivity contribution in [3.63, 3.8) is 0 Å². The molecule has 0 radical (unpaired) electrons. The van der Waals surface area contributed by atoms with Gasteiger partial charge in [-0.15, -0.1) is 0 Å². The number of rotatable bonds is 4. The molecule has 1 saturated carbocycles. The number of benzene rings is 1. The average molecular weight is 342 g/mol. The van der Waals surface area contributed by atoms with Gasteiger partial charge in [-0.05, 0) is 31.9 Å². The molecule has 1 fully saturated rings. The number of carbonyl (C=O) groups is 1. The molecule has 2 heterocycles. The van der Waals surface area contributed by atoms with E-state index in [0.29, 0.717) is 28.8 Å². The van der Waals surface area contributed by atoms with Crippen molar-refractivity contribution >= 4 is 28.6 Å². The highest BCUT2D eigenvalue weighted by Gasteiger charge is 2.32. The van der Waals surface area contributed by atoms with Gasteiger partial charge in [0.1, 0.15) is 0 Å². The molecule has 0 spiro atoms. The smallest absolute Gasteiger partial charge is 0.341 e. The molecular formula is C18H16ClN3O2. The molecule has 0 N–H and O–H groups in total. The SMILES string of the molecule is CCOC(=O)c1cnc2c(c(C3CC3)nn2-c2ccccc2)c1Cl. The number of halogens is 1. The van der Waals surface area contributed by atoms with Crippen molar-refractivity contribution < 1.29 is 9.53 Å². The lowest BCUT2D eigenvalue weighted by molar-refractivity contribution is 0.0526. The number of ether oxygens (including phenoxy) is 1. The zero-order valence-electron chi connectivity index (χ0n) is 13.2. The number of carbonyl (C=O) groups excluding carboxylic acids is 1. The van der Waals surface area contributed by atoms with Crippen molar-refractivity contribution in [1.29, 1.82) is 0 Å². The van der Waals surface area contributed by atoms with Crippen molar-refractivity contribution in [3.05, 3.63) is 52.8 Å². The maximum Gasteiger partial charge on any atom is 0.341 e. The first-order valence-corrected chi connectivity index (χ1v) is 8.38. The van der Waals surface area contributed by atoms with Crippen LogP contribution < -0.4 is 0 Å². The molecule has 0 amide bonds. The molecule has 1 aliphatic carbocycles. The molecule has 6 heteroatoms. The standard InChI is InChI=1S/C18H16ClN3O2/c1-2-24-18(23)13-10-20-17-14(15(13)19)16(11-8-9-11)21-22(17)12-6-4-3-5-7-12/h3-7,10-11H,2,8-9H2,1H3. The van der Waals surface area contributed by atoms with Crippen LogP contribution in [0, 0.1) is 0 Å². The molecular weight excluding hydrogens is 326 g/mol. The molecule has 0 unspecified atom stereocenters. The van der Waals surface area contributed by atoms with Crippen LogP contribution in [0.1, 0.15) is 41.7 Å². The second kappa shape index (κ2) is 5.91. The highest BCUT2D eigenvalue weighted by Crippen LogP contribution is 2.44. The number of pyridine rings is 1. The van der Waals surface area contributed by atoms with Gasteiger partial charge in [0.25, 0.3) is 0 Å². The van der Waals surface area contributed by atoms with Gasteiger partial charge in [0.05, 0.1) is 34.0 Å². The van der Waals surface area contributed by atoms with Crippen LogP contribution in [0.25, 0.3) is 16.7 Å². The van der Waals surface area contributed by atoms with Crippen molar-refractivity contribution in [3.8, 4) is 5.69 Å². The summed E-state index contributed by atoms with van der Waals surface area (Å²) in [6.07, 6.45) is 3.64. The van der Waals surface area contributed by atoms with Gasteiger partial charge in [-0.2, -0.15) is 5.10 Å². The van der Waals surface area contributed by atoms with E-state index < -0.39 is 5.97 Å². The molecule has 0 bridgehead atoms. The van der Waals surface area contributed by atoms with Crippen molar-refractivity contribution in [2.45, 2.75) is 25.7 Å². The van der Waals surface area contributed by atoms with Crippen LogP contribution in [0.2, 0.25) is 5.02 Å². The van der Waals surface area contributed by atoms with Gasteiger partial charge >= 0.3 is 5.97 Å². The molecule has 0 saturated heterocycles. The number of hydrogen-bond donors (Lipinski definition) is 0. The first-order chi connectivity index (χ1) is 11.7. The Morgan fingerprint density at radius 2 is 2.08 bits per heavy atom. The molecule has 2 aromatic heterocycles. The van der Waals surface area contributed by atoms with E-state index in [-0.39, 0.29) is 0 Å². The highest BCUT2D eigenvalue weighted by molar-refractivity contribution is 6.38. The summed E-state index contributed by atoms with van der Waals surface area (Å²) in [6.45, 7) is 2.06. The second-order valence-corrected chi connectivity index (χ2v) is 6.19. The number of hydrogen-bond acceptors (Lipinski definition) is 4. The van der Waals surface area contributed by atoms with Gasteiger partial charge in [-0.3, -0.25) is 0 Å². The summed E-state index contributed by atoms with van der Waals surface area (Å²) in [5, 5.41) is 5.88. The van der Waals surface area contributed by atoms with Gasteiger partial charge in [0, 0.05) is 12.1 Å². The van der Waals surface area contributed by atoms with Gasteiger partial charge in [-0.1, -0.05) is 29.8 Å². The molecule has 122 valence electrons. The third-order valence-corrected chi connectivity index (χ3v) is 4.51. The Bertz CT molecular complexity index is 917. The van der Waals surface area contributed by atoms with E-state index in [1.807, 2.05) is 30.3 Å². The second-order valence-electron chi connectivity index (χ2n) is 5.81. The number of fused-ring (bicyclic) bond motifs is 1. The van der Waals surface area contributed by atoms with E-state index in [1.54, 1.807) is 11.6 Å². The van der Waals surface area contributed by atoms with Crippen LogP contribution in [0.15, 0.2) is 36.5 Å². The van der Waals surface area contributed by atoms with Gasteiger partial charge < -0.3 is 4.74 Å². The largest absolute Gasteiger partial charge is 0.462 e. The minimum atomic E-state index is -0.453. The zero-order valence-corrected chi connectivity index (χ0v) is 14.0. The van der Waals surface area contributed by atoms with E-state index in [0.717, 1.165) is 29.6 Å². The fraction of sp³-hybridized carbons (Fsp3) is 0.278. The summed E-state index contributed by atoms with van der Waals surface area (Å²) < 4.78 is 6.87. The lowest BCUT2D eigenvalue weighted by atomic mass is 10.1. The van der Waals surface area contributed by atoms with E-state index in [9.17, 15) is 4.79 Å². The fourth-order valence-corrected chi connectivity index (χ4v) is 3.12. The topological polar surface area (TPSA) is 57.0 Å². The predicted octanol–water partition coefficient (Wildman–Crippen LogP) is 4.13. The Morgan fingerprint density at radius 1 is 1.33 bits per heavy atom. The van der Waals surface area contributed by atoms with Crippen LogP contribution in [-0.4, -0.2) is 27.3 Å². The summed E-state index contributed by atoms with van der Waals surface area (Å²) in [7, 11) is 0. The van der Waals surface area contributed by atoms with Gasteiger partial charge in [0.2, 0.25) is 0 Å². The Morgan fingerprint density at radius 3 is 2.75 bits per heavy atom. The predicted molar refractivity (Wildman–Crippen MR) is 91.8 cm³/mol. The fourth-order valence-electron chi connectivity index (χ4n) is 2.82. The van der Waals surface area contributed by atoms with Crippen LogP contribution in [0.5, 0.6) is 0 Å². The Labute approximate surface area is 144 Å². The third-order valence-electron chi connectivity index (χ3n) is 4.12. The molecule has 1 aromatic carbocycles. The van der Waals surface area contributed by atoms with Crippen molar-refractivity contribution in [1.82, 2.24) is 14.8 Å². The number of para-hydroxylation sites is 1. The molecule has 3 aromatic rings. The lowest BCUT2D eigenvalue weighted by Crippen LogP contribution is -2.06. The van der Waals surface area contributed by atoms with E-state index >= 15 is 0 Å². The maximum atomic E-state index is 12.1. The summed E-state index contributed by atoms with van der Waals surface area (Å²) in [5.74, 6) is -0.0692. The average Bonchev–Trinajstić information content (AvgIpc) is 3.36. The van der Waals surface area contributed by atoms with Crippen LogP contribution >= 0.6 is 11.6 Å². The Kier molecular flexibility index (Phi) is 3.73. The normalized spacial score (nSPS) is 14.1. The third kappa shape index (κ3) is 2.45. The molecule has 4 rings (SSSR count). The summed E-state index contributed by atoms with van der Waals surface area (Å²) >= 11 is 6.56. The van der Waals surface area contributed by atoms with Gasteiger partial charge in [-0.25, -0.2) is 14.5 Å². The monoisotopic (exact) mass is 341 g/mol. The Hall–Kier alpha value is -2.40. The molecule has 0 aliphatic heterocycles. The van der Waals surface area contributed by atoms with Crippen LogP contribution in [-0.2, 0) is 4.74 Å². The first kappa shape index (κ1) is 15.1. The van der Waals surface area contributed by atoms with Crippen molar-refractivity contribution in [2.24, 2.45) is 0 Å². The molecule has 24 heavy (non-hydrogen) atoms. The molecule has 0 atom stereocenters. The van der Waals surface area contributed by atoms with E-state index in [2.05, 4.69) is 4.98 Å². The zero-order chi connectivity index (χ0) is 16.7. The number of aromatic nitrogens is 3. The van der Waals surface area contributed by atoms with Crippen molar-refractivity contribution in [2.75, 3.05) is 6.61 Å². The minimum absolute atomic E-state index is 0.292. The quantitative estimate of drug-likeness (QED) is 0.669. The number of nitrogens with zero attached hydrogens (tertiary/aromatic N) is 3. The highest BCUT2D eigenvalue weighted by atomic mass is 35.5. The van der Waals surface area contributed by atoms with E-state index in [1.165, 1.54) is 6.20 Å². The molecule has 5 nitrogen and oxygen atoms in total. The van der Waals surface area contributed by atoms with Crippen LogP contribution in [0.4, 0.5) is 0 Å². The summed E-state index contributed by atoms with van der Waals surface area (Å²) in [5.41, 5.74) is 2.79. The number of esters is 1. The summed E-state index contributed by atoms with van der Waals surface area (Å²) in [6, 6.07) is 9.80. The van der Waals surface area contributed by atoms with Crippen LogP contribution in [0.3, 0.4) is 0 Å². The minimum Gasteiger partial charge on any atom is -0.462 e. The summed E-state index contributed by atoms with van der Waals surface area (Å²) in [4.78, 5) is 16.6. The first-order valence-electron chi connectivity index (χ1n) is 8.00. The maximum absolute atomic E-state index is 12.1. The van der Waals surface area contributed by atoms with E-state index in [4.69, 9.17) is 21.4 Å².